The van der Waals surface area contributed by atoms with Gasteiger partial charge in [0.1, 0.15) is 0 Å². The molecule has 4 nitrogen and oxygen atoms in total. The number of fused-ring (bicyclic) bond motifs is 2. The molecule has 2 heterocycles. The van der Waals surface area contributed by atoms with Gasteiger partial charge in [0.25, 0.3) is 0 Å². The Bertz CT molecular complexity index is 1090. The third-order valence-corrected chi connectivity index (χ3v) is 11.4. The van der Waals surface area contributed by atoms with Crippen LogP contribution >= 0.6 is 0 Å². The average Bonchev–Trinajstić information content (AvgIpc) is 3.30. The molecular formula is C28H34Ge2N4. The van der Waals surface area contributed by atoms with Gasteiger partial charge in [0, 0.05) is 0 Å². The van der Waals surface area contributed by atoms with Gasteiger partial charge in [-0.1, -0.05) is 0 Å². The van der Waals surface area contributed by atoms with Gasteiger partial charge in [-0.05, 0) is 0 Å². The number of nitrogens with zero attached hydrogens (tertiary/aromatic N) is 4. The number of anilines is 6. The quantitative estimate of drug-likeness (QED) is 0.321. The van der Waals surface area contributed by atoms with Crippen molar-refractivity contribution < 1.29 is 0 Å². The molecule has 0 bridgehead atoms. The van der Waals surface area contributed by atoms with E-state index in [4.69, 9.17) is 0 Å². The van der Waals surface area contributed by atoms with E-state index in [0.717, 1.165) is 13.1 Å². The van der Waals surface area contributed by atoms with Crippen LogP contribution in [0.4, 0.5) is 34.1 Å². The van der Waals surface area contributed by atoms with Crippen molar-refractivity contribution in [3.63, 3.8) is 0 Å². The molecule has 0 unspecified atom stereocenters. The summed E-state index contributed by atoms with van der Waals surface area (Å²) in [5.74, 6) is 0. The topological polar surface area (TPSA) is 13.0 Å². The first kappa shape index (κ1) is 23.7. The van der Waals surface area contributed by atoms with Crippen molar-refractivity contribution in [2.75, 3.05) is 28.5 Å². The van der Waals surface area contributed by atoms with Crippen molar-refractivity contribution in [3.8, 4) is 0 Å². The predicted octanol–water partition coefficient (Wildman–Crippen LogP) is 6.76. The molecule has 0 amide bonds. The normalized spacial score (nSPS) is 15.7. The van der Waals surface area contributed by atoms with Gasteiger partial charge in [-0.2, -0.15) is 0 Å². The summed E-state index contributed by atoms with van der Waals surface area (Å²) in [6.07, 6.45) is 0. The molecule has 0 spiro atoms. The molecule has 5 rings (SSSR count). The zero-order valence-corrected chi connectivity index (χ0v) is 25.3. The van der Waals surface area contributed by atoms with E-state index < -0.39 is 31.8 Å². The molecule has 4 radical (unpaired) electrons. The Kier molecular flexibility index (Phi) is 6.17. The molecule has 34 heavy (non-hydrogen) atoms. The first-order valence-corrected chi connectivity index (χ1v) is 15.8. The Morgan fingerprint density at radius 3 is 1.03 bits per heavy atom. The van der Waals surface area contributed by atoms with Gasteiger partial charge in [0.2, 0.25) is 0 Å². The van der Waals surface area contributed by atoms with E-state index in [2.05, 4.69) is 130 Å². The van der Waals surface area contributed by atoms with Crippen LogP contribution in [-0.2, 0) is 0 Å². The molecule has 0 aromatic heterocycles. The second-order valence-corrected chi connectivity index (χ2v) is 16.6. The van der Waals surface area contributed by atoms with E-state index in [1.807, 2.05) is 0 Å². The summed E-state index contributed by atoms with van der Waals surface area (Å²) in [4.78, 5) is 0. The van der Waals surface area contributed by atoms with Crippen molar-refractivity contribution in [1.29, 1.82) is 0 Å². The maximum atomic E-state index is 2.66. The Morgan fingerprint density at radius 2 is 0.735 bits per heavy atom. The standard InChI is InChI=1S/C28H34Ge2N4/c1-27(2,3)19-31-21-13-7-9-15-23(21)33(29-31)25-17-11-12-18-26(25)34-24-16-10-8-14-22(24)32(30-34)20-28(4,5)6/h7-18H,19-20H2,1-6H3. The molecular weight excluding hydrogens is 538 g/mol. The van der Waals surface area contributed by atoms with Crippen LogP contribution in [0.3, 0.4) is 0 Å². The third kappa shape index (κ3) is 4.72. The van der Waals surface area contributed by atoms with Crippen LogP contribution in [-0.4, -0.2) is 44.8 Å². The van der Waals surface area contributed by atoms with Gasteiger partial charge in [-0.25, -0.2) is 0 Å². The Balaban J connectivity index is 1.54. The van der Waals surface area contributed by atoms with Crippen molar-refractivity contribution in [2.24, 2.45) is 10.8 Å². The summed E-state index contributed by atoms with van der Waals surface area (Å²) in [5, 5.41) is 0. The number of hydrogen-bond acceptors (Lipinski definition) is 4. The van der Waals surface area contributed by atoms with Gasteiger partial charge in [0.15, 0.2) is 0 Å². The molecule has 2 aliphatic heterocycles. The predicted molar refractivity (Wildman–Crippen MR) is 149 cm³/mol. The van der Waals surface area contributed by atoms with Crippen LogP contribution in [0, 0.1) is 10.8 Å². The number of rotatable bonds is 4. The summed E-state index contributed by atoms with van der Waals surface area (Å²) in [5.41, 5.74) is 8.72. The minimum absolute atomic E-state index is 0.264. The fourth-order valence-electron chi connectivity index (χ4n) is 4.62. The van der Waals surface area contributed by atoms with Crippen LogP contribution < -0.4 is 15.4 Å². The summed E-state index contributed by atoms with van der Waals surface area (Å²) >= 11 is -1.06. The van der Waals surface area contributed by atoms with Gasteiger partial charge in [0.05, 0.1) is 0 Å². The second kappa shape index (κ2) is 8.87. The number of para-hydroxylation sites is 6. The SMILES string of the molecule is CC(C)(C)C[N]1[Ge][N](c2ccccc2[N]2[Ge][N](CC(C)(C)C)c3ccccc32)c2ccccc21. The van der Waals surface area contributed by atoms with Crippen LogP contribution in [0.1, 0.15) is 41.5 Å². The summed E-state index contributed by atoms with van der Waals surface area (Å²) in [6, 6.07) is 27.0. The fraction of sp³-hybridized carbons (Fsp3) is 0.357. The molecule has 6 heteroatoms. The molecule has 0 saturated heterocycles. The van der Waals surface area contributed by atoms with Crippen LogP contribution in [0.25, 0.3) is 0 Å². The van der Waals surface area contributed by atoms with E-state index in [9.17, 15) is 0 Å². The van der Waals surface area contributed by atoms with Crippen molar-refractivity contribution >= 4 is 65.9 Å². The van der Waals surface area contributed by atoms with E-state index in [-0.39, 0.29) is 10.8 Å². The van der Waals surface area contributed by atoms with Crippen molar-refractivity contribution in [3.05, 3.63) is 72.8 Å². The van der Waals surface area contributed by atoms with Gasteiger partial charge < -0.3 is 0 Å². The first-order valence-electron chi connectivity index (χ1n) is 12.1. The zero-order valence-electron chi connectivity index (χ0n) is 21.1. The van der Waals surface area contributed by atoms with Gasteiger partial charge in [-0.3, -0.25) is 0 Å². The zero-order chi connectivity index (χ0) is 24.1. The molecule has 3 aromatic rings. The molecule has 0 saturated carbocycles. The van der Waals surface area contributed by atoms with Crippen LogP contribution in [0.2, 0.25) is 0 Å². The average molecular weight is 572 g/mol. The van der Waals surface area contributed by atoms with Gasteiger partial charge in [-0.15, -0.1) is 0 Å². The first-order chi connectivity index (χ1) is 16.1. The number of hydrogen-bond donors (Lipinski definition) is 0. The van der Waals surface area contributed by atoms with Crippen molar-refractivity contribution in [2.45, 2.75) is 41.5 Å². The fourth-order valence-corrected chi connectivity index (χ4v) is 11.7. The van der Waals surface area contributed by atoms with E-state index >= 15 is 0 Å². The Morgan fingerprint density at radius 1 is 0.471 bits per heavy atom. The molecule has 2 aliphatic rings. The van der Waals surface area contributed by atoms with E-state index in [0.29, 0.717) is 0 Å². The molecule has 3 aromatic carbocycles. The molecule has 0 fully saturated rings. The summed E-state index contributed by atoms with van der Waals surface area (Å²) in [7, 11) is 0. The maximum absolute atomic E-state index is 2.66. The molecule has 0 aliphatic carbocycles. The Hall–Kier alpha value is -2.05. The number of benzene rings is 3. The monoisotopic (exact) mass is 574 g/mol. The minimum atomic E-state index is -0.528. The third-order valence-electron chi connectivity index (χ3n) is 5.90. The van der Waals surface area contributed by atoms with Gasteiger partial charge >= 0.3 is 220 Å². The second-order valence-electron chi connectivity index (χ2n) is 11.6. The molecule has 0 N–H and O–H groups in total. The Labute approximate surface area is 218 Å². The van der Waals surface area contributed by atoms with Crippen LogP contribution in [0.5, 0.6) is 0 Å². The van der Waals surface area contributed by atoms with Crippen LogP contribution in [0.15, 0.2) is 72.8 Å². The molecule has 174 valence electrons. The van der Waals surface area contributed by atoms with E-state index in [1.54, 1.807) is 0 Å². The molecule has 0 atom stereocenters. The summed E-state index contributed by atoms with van der Waals surface area (Å²) in [6.45, 7) is 16.2. The summed E-state index contributed by atoms with van der Waals surface area (Å²) < 4.78 is 10.6. The van der Waals surface area contributed by atoms with Crippen molar-refractivity contribution in [1.82, 2.24) is 0 Å². The van der Waals surface area contributed by atoms with E-state index in [1.165, 1.54) is 34.1 Å².